The van der Waals surface area contributed by atoms with E-state index < -0.39 is 0 Å². The second-order valence-corrected chi connectivity index (χ2v) is 5.99. The quantitative estimate of drug-likeness (QED) is 0.609. The fourth-order valence-electron chi connectivity index (χ4n) is 2.09. The Hall–Kier alpha value is -1.88. The van der Waals surface area contributed by atoms with Crippen LogP contribution in [0.5, 0.6) is 5.75 Å². The molecule has 21 heavy (non-hydrogen) atoms. The number of aromatic nitrogens is 1. The number of nitrogen functional groups attached to an aromatic ring is 1. The molecule has 0 spiro atoms. The third kappa shape index (κ3) is 4.04. The summed E-state index contributed by atoms with van der Waals surface area (Å²) in [7, 11) is 0. The summed E-state index contributed by atoms with van der Waals surface area (Å²) in [6.45, 7) is 4.72. The lowest BCUT2D eigenvalue weighted by molar-refractivity contribution is 0.319. The lowest BCUT2D eigenvalue weighted by Crippen LogP contribution is -2.11. The fourth-order valence-corrected chi connectivity index (χ4v) is 3.04. The topological polar surface area (TPSA) is 72.0 Å². The molecule has 1 aromatic heterocycles. The summed E-state index contributed by atoms with van der Waals surface area (Å²) < 4.78 is 5.79. The number of ether oxygens (including phenoxy) is 1. The number of hydrogen-bond donors (Lipinski definition) is 2. The molecule has 0 aliphatic heterocycles. The van der Waals surface area contributed by atoms with Crippen LogP contribution in [0.15, 0.2) is 24.3 Å². The van der Waals surface area contributed by atoms with Crippen molar-refractivity contribution in [3.63, 3.8) is 0 Å². The minimum absolute atomic E-state index is 0.113. The van der Waals surface area contributed by atoms with E-state index in [0.717, 1.165) is 46.2 Å². The van der Waals surface area contributed by atoms with Crippen molar-refractivity contribution in [1.29, 1.82) is 5.41 Å². The van der Waals surface area contributed by atoms with Crippen molar-refractivity contribution in [1.82, 2.24) is 4.98 Å². The smallest absolute Gasteiger partial charge is 0.135 e. The number of amidine groups is 1. The average Bonchev–Trinajstić information content (AvgIpc) is 2.85. The molecule has 0 unspecified atom stereocenters. The molecule has 0 bridgehead atoms. The van der Waals surface area contributed by atoms with Crippen LogP contribution in [-0.4, -0.2) is 17.4 Å². The van der Waals surface area contributed by atoms with E-state index in [-0.39, 0.29) is 5.84 Å². The van der Waals surface area contributed by atoms with Gasteiger partial charge < -0.3 is 10.5 Å². The van der Waals surface area contributed by atoms with E-state index >= 15 is 0 Å². The van der Waals surface area contributed by atoms with Crippen LogP contribution in [0, 0.1) is 12.3 Å². The summed E-state index contributed by atoms with van der Waals surface area (Å²) in [4.78, 5) is 5.40. The highest BCUT2D eigenvalue weighted by Crippen LogP contribution is 2.21. The van der Waals surface area contributed by atoms with Crippen molar-refractivity contribution in [2.75, 3.05) is 6.61 Å². The zero-order valence-electron chi connectivity index (χ0n) is 12.5. The molecule has 1 heterocycles. The highest BCUT2D eigenvalue weighted by atomic mass is 32.1. The SMILES string of the molecule is CCCc1nc(CCOc2ccccc2C)sc1C(=N)N. The molecule has 0 radical (unpaired) electrons. The van der Waals surface area contributed by atoms with Gasteiger partial charge in [0.25, 0.3) is 0 Å². The zero-order chi connectivity index (χ0) is 15.2. The van der Waals surface area contributed by atoms with Gasteiger partial charge in [-0.1, -0.05) is 31.5 Å². The van der Waals surface area contributed by atoms with Crippen molar-refractivity contribution in [3.05, 3.63) is 45.4 Å². The number of rotatable bonds is 7. The van der Waals surface area contributed by atoms with Crippen LogP contribution in [0.25, 0.3) is 0 Å². The highest BCUT2D eigenvalue weighted by Gasteiger charge is 2.13. The Kier molecular flexibility index (Phi) is 5.33. The van der Waals surface area contributed by atoms with Gasteiger partial charge in [-0.2, -0.15) is 0 Å². The summed E-state index contributed by atoms with van der Waals surface area (Å²) in [5, 5.41) is 8.61. The summed E-state index contributed by atoms with van der Waals surface area (Å²) in [6.07, 6.45) is 2.61. The molecular weight excluding hydrogens is 282 g/mol. The van der Waals surface area contributed by atoms with Gasteiger partial charge >= 0.3 is 0 Å². The number of thiazole rings is 1. The maximum Gasteiger partial charge on any atom is 0.135 e. The first-order chi connectivity index (χ1) is 10.1. The predicted molar refractivity (Wildman–Crippen MR) is 87.5 cm³/mol. The molecule has 0 aliphatic rings. The van der Waals surface area contributed by atoms with Gasteiger partial charge in [0.2, 0.25) is 0 Å². The minimum Gasteiger partial charge on any atom is -0.493 e. The van der Waals surface area contributed by atoms with Crippen molar-refractivity contribution >= 4 is 17.2 Å². The maximum absolute atomic E-state index is 7.62. The lowest BCUT2D eigenvalue weighted by Gasteiger charge is -2.07. The fraction of sp³-hybridized carbons (Fsp3) is 0.375. The summed E-state index contributed by atoms with van der Waals surface area (Å²) in [5.41, 5.74) is 7.70. The molecule has 0 saturated carbocycles. The van der Waals surface area contributed by atoms with Crippen LogP contribution in [0.3, 0.4) is 0 Å². The van der Waals surface area contributed by atoms with Crippen LogP contribution in [0.4, 0.5) is 0 Å². The van der Waals surface area contributed by atoms with Crippen LogP contribution < -0.4 is 10.5 Å². The molecule has 5 heteroatoms. The Balaban J connectivity index is 1.99. The van der Waals surface area contributed by atoms with E-state index in [1.165, 1.54) is 11.3 Å². The minimum atomic E-state index is 0.113. The molecule has 0 atom stereocenters. The summed E-state index contributed by atoms with van der Waals surface area (Å²) in [5.74, 6) is 1.02. The van der Waals surface area contributed by atoms with Gasteiger partial charge in [-0.05, 0) is 25.0 Å². The van der Waals surface area contributed by atoms with Crippen LogP contribution in [0.2, 0.25) is 0 Å². The van der Waals surface area contributed by atoms with Crippen molar-refractivity contribution in [3.8, 4) is 5.75 Å². The standard InChI is InChI=1S/C16H21N3OS/c1-3-6-12-15(16(17)18)21-14(19-12)9-10-20-13-8-5-4-7-11(13)2/h4-5,7-8H,3,6,9-10H2,1-2H3,(H3,17,18). The van der Waals surface area contributed by atoms with Crippen LogP contribution in [-0.2, 0) is 12.8 Å². The van der Waals surface area contributed by atoms with Crippen molar-refractivity contribution in [2.45, 2.75) is 33.1 Å². The molecular formula is C16H21N3OS. The Morgan fingerprint density at radius 1 is 1.33 bits per heavy atom. The first-order valence-corrected chi connectivity index (χ1v) is 7.94. The third-order valence-electron chi connectivity index (χ3n) is 3.14. The molecule has 0 amide bonds. The summed E-state index contributed by atoms with van der Waals surface area (Å²) >= 11 is 1.51. The number of nitrogens with two attached hydrogens (primary N) is 1. The number of nitrogens with zero attached hydrogens (tertiary/aromatic N) is 1. The molecule has 0 aliphatic carbocycles. The Bertz CT molecular complexity index is 622. The normalized spacial score (nSPS) is 10.6. The van der Waals surface area contributed by atoms with Gasteiger partial charge in [0.15, 0.2) is 0 Å². The van der Waals surface area contributed by atoms with Gasteiger partial charge in [-0.3, -0.25) is 5.41 Å². The van der Waals surface area contributed by atoms with Crippen LogP contribution >= 0.6 is 11.3 Å². The van der Waals surface area contributed by atoms with Gasteiger partial charge in [-0.25, -0.2) is 4.98 Å². The Labute approximate surface area is 129 Å². The Morgan fingerprint density at radius 2 is 2.10 bits per heavy atom. The first kappa shape index (κ1) is 15.5. The molecule has 2 rings (SSSR count). The van der Waals surface area contributed by atoms with Crippen molar-refractivity contribution < 1.29 is 4.74 Å². The molecule has 3 N–H and O–H groups in total. The van der Waals surface area contributed by atoms with E-state index in [2.05, 4.69) is 11.9 Å². The highest BCUT2D eigenvalue weighted by molar-refractivity contribution is 7.13. The van der Waals surface area contributed by atoms with E-state index in [1.54, 1.807) is 0 Å². The van der Waals surface area contributed by atoms with Crippen molar-refractivity contribution in [2.24, 2.45) is 5.73 Å². The number of hydrogen-bond acceptors (Lipinski definition) is 4. The molecule has 2 aromatic rings. The van der Waals surface area contributed by atoms with Gasteiger partial charge in [0, 0.05) is 6.42 Å². The first-order valence-electron chi connectivity index (χ1n) is 7.13. The van der Waals surface area contributed by atoms with Gasteiger partial charge in [-0.15, -0.1) is 11.3 Å². The second-order valence-electron chi connectivity index (χ2n) is 4.91. The molecule has 0 fully saturated rings. The lowest BCUT2D eigenvalue weighted by atomic mass is 10.2. The second kappa shape index (κ2) is 7.22. The third-order valence-corrected chi connectivity index (χ3v) is 4.33. The summed E-state index contributed by atoms with van der Waals surface area (Å²) in [6, 6.07) is 7.98. The van der Waals surface area contributed by atoms with E-state index in [9.17, 15) is 0 Å². The molecule has 1 aromatic carbocycles. The van der Waals surface area contributed by atoms with Crippen LogP contribution in [0.1, 0.15) is 34.5 Å². The molecule has 0 saturated heterocycles. The van der Waals surface area contributed by atoms with Gasteiger partial charge in [0.05, 0.1) is 22.2 Å². The zero-order valence-corrected chi connectivity index (χ0v) is 13.3. The Morgan fingerprint density at radius 3 is 2.76 bits per heavy atom. The van der Waals surface area contributed by atoms with E-state index in [4.69, 9.17) is 15.9 Å². The predicted octanol–water partition coefficient (Wildman–Crippen LogP) is 3.31. The molecule has 112 valence electrons. The number of nitrogens with one attached hydrogen (secondary N) is 1. The number of para-hydroxylation sites is 1. The van der Waals surface area contributed by atoms with E-state index in [0.29, 0.717) is 6.61 Å². The monoisotopic (exact) mass is 303 g/mol. The number of aryl methyl sites for hydroxylation is 2. The largest absolute Gasteiger partial charge is 0.493 e. The van der Waals surface area contributed by atoms with E-state index in [1.807, 2.05) is 31.2 Å². The molecule has 4 nitrogen and oxygen atoms in total. The number of benzene rings is 1. The van der Waals surface area contributed by atoms with Gasteiger partial charge in [0.1, 0.15) is 11.6 Å². The maximum atomic E-state index is 7.62. The average molecular weight is 303 g/mol.